The topological polar surface area (TPSA) is 99.5 Å². The van der Waals surface area contributed by atoms with E-state index in [2.05, 4.69) is 15.0 Å². The molecular formula is C17H21N5O3S. The van der Waals surface area contributed by atoms with E-state index in [-0.39, 0.29) is 18.4 Å². The van der Waals surface area contributed by atoms with Gasteiger partial charge < -0.3 is 14.9 Å². The third kappa shape index (κ3) is 3.52. The number of rotatable bonds is 4. The van der Waals surface area contributed by atoms with Crippen molar-refractivity contribution in [3.63, 3.8) is 0 Å². The number of aryl methyl sites for hydroxylation is 1. The molecule has 1 aliphatic heterocycles. The van der Waals surface area contributed by atoms with Crippen LogP contribution < -0.4 is 4.90 Å². The van der Waals surface area contributed by atoms with Crippen LogP contribution in [0.5, 0.6) is 0 Å². The molecule has 0 aromatic carbocycles. The molecule has 1 fully saturated rings. The van der Waals surface area contributed by atoms with Crippen molar-refractivity contribution < 1.29 is 14.7 Å². The fourth-order valence-electron chi connectivity index (χ4n) is 2.87. The molecule has 3 rings (SSSR count). The molecule has 1 atom stereocenters. The summed E-state index contributed by atoms with van der Waals surface area (Å²) in [7, 11) is 0. The Hall–Kier alpha value is -2.55. The van der Waals surface area contributed by atoms with Crippen LogP contribution in [0.3, 0.4) is 0 Å². The number of hydrogen-bond acceptors (Lipinski definition) is 7. The lowest BCUT2D eigenvalue weighted by molar-refractivity contribution is -0.142. The molecular weight excluding hydrogens is 354 g/mol. The predicted molar refractivity (Wildman–Crippen MR) is 97.6 cm³/mol. The van der Waals surface area contributed by atoms with Gasteiger partial charge in [-0.25, -0.2) is 19.7 Å². The highest BCUT2D eigenvalue weighted by Crippen LogP contribution is 2.27. The summed E-state index contributed by atoms with van der Waals surface area (Å²) in [6.07, 6.45) is 3.23. The van der Waals surface area contributed by atoms with E-state index >= 15 is 0 Å². The first kappa shape index (κ1) is 18.2. The highest BCUT2D eigenvalue weighted by molar-refractivity contribution is 7.13. The van der Waals surface area contributed by atoms with E-state index in [4.69, 9.17) is 0 Å². The number of aromatic nitrogens is 3. The van der Waals surface area contributed by atoms with Gasteiger partial charge in [-0.3, -0.25) is 4.79 Å². The number of piperazine rings is 1. The predicted octanol–water partition coefficient (Wildman–Crippen LogP) is 1.78. The molecule has 138 valence electrons. The molecule has 0 spiro atoms. The molecule has 8 nitrogen and oxygen atoms in total. The van der Waals surface area contributed by atoms with Gasteiger partial charge in [0.1, 0.15) is 10.9 Å². The van der Waals surface area contributed by atoms with Crippen LogP contribution in [0.2, 0.25) is 0 Å². The van der Waals surface area contributed by atoms with Crippen molar-refractivity contribution in [1.82, 2.24) is 19.9 Å². The van der Waals surface area contributed by atoms with E-state index in [9.17, 15) is 14.7 Å². The minimum absolute atomic E-state index is 0.153. The number of thiazole rings is 1. The number of anilines is 1. The second kappa shape index (κ2) is 7.36. The van der Waals surface area contributed by atoms with Crippen LogP contribution in [0.25, 0.3) is 0 Å². The minimum Gasteiger partial charge on any atom is -0.480 e. The first-order valence-corrected chi connectivity index (χ1v) is 9.23. The summed E-state index contributed by atoms with van der Waals surface area (Å²) in [5, 5.41) is 10.5. The van der Waals surface area contributed by atoms with Gasteiger partial charge in [-0.2, -0.15) is 0 Å². The average Bonchev–Trinajstić information content (AvgIpc) is 3.03. The molecule has 0 radical (unpaired) electrons. The highest BCUT2D eigenvalue weighted by atomic mass is 32.1. The second-order valence-electron chi connectivity index (χ2n) is 6.47. The fraction of sp³-hybridized carbons (Fsp3) is 0.471. The van der Waals surface area contributed by atoms with Crippen molar-refractivity contribution in [3.05, 3.63) is 34.0 Å². The molecule has 0 aliphatic carbocycles. The Morgan fingerprint density at radius 1 is 1.27 bits per heavy atom. The van der Waals surface area contributed by atoms with Crippen molar-refractivity contribution in [1.29, 1.82) is 0 Å². The lowest BCUT2D eigenvalue weighted by Gasteiger charge is -2.39. The minimum atomic E-state index is -1.04. The SMILES string of the molecule is Cc1nc(C(C)C)sc1C(=O)N1CCN(c2ncccn2)C[C@H]1C(=O)O. The van der Waals surface area contributed by atoms with E-state index in [1.165, 1.54) is 16.2 Å². The van der Waals surface area contributed by atoms with Gasteiger partial charge in [0.15, 0.2) is 0 Å². The van der Waals surface area contributed by atoms with E-state index in [1.54, 1.807) is 30.3 Å². The fourth-order valence-corrected chi connectivity index (χ4v) is 3.89. The maximum atomic E-state index is 13.0. The van der Waals surface area contributed by atoms with Crippen LogP contribution in [0, 0.1) is 6.92 Å². The van der Waals surface area contributed by atoms with E-state index < -0.39 is 12.0 Å². The Morgan fingerprint density at radius 2 is 1.96 bits per heavy atom. The molecule has 1 saturated heterocycles. The van der Waals surface area contributed by atoms with Crippen molar-refractivity contribution in [2.24, 2.45) is 0 Å². The van der Waals surface area contributed by atoms with Crippen LogP contribution in [0.1, 0.15) is 40.1 Å². The van der Waals surface area contributed by atoms with Crippen molar-refractivity contribution in [2.75, 3.05) is 24.5 Å². The molecule has 3 heterocycles. The van der Waals surface area contributed by atoms with Gasteiger partial charge in [0.2, 0.25) is 5.95 Å². The summed E-state index contributed by atoms with van der Waals surface area (Å²) in [5.74, 6) is -0.609. The van der Waals surface area contributed by atoms with Crippen LogP contribution >= 0.6 is 11.3 Å². The first-order valence-electron chi connectivity index (χ1n) is 8.41. The third-order valence-corrected chi connectivity index (χ3v) is 5.71. The van der Waals surface area contributed by atoms with Gasteiger partial charge in [0.05, 0.1) is 17.2 Å². The van der Waals surface area contributed by atoms with Crippen LogP contribution in [-0.2, 0) is 4.79 Å². The molecule has 2 aromatic heterocycles. The summed E-state index contributed by atoms with van der Waals surface area (Å²) >= 11 is 1.35. The normalized spacial score (nSPS) is 17.6. The largest absolute Gasteiger partial charge is 0.480 e. The number of hydrogen-bond donors (Lipinski definition) is 1. The zero-order chi connectivity index (χ0) is 18.8. The molecule has 0 saturated carbocycles. The molecule has 2 aromatic rings. The Kier molecular flexibility index (Phi) is 5.17. The van der Waals surface area contributed by atoms with Gasteiger partial charge in [0, 0.05) is 31.4 Å². The number of carbonyl (C=O) groups excluding carboxylic acids is 1. The number of amides is 1. The molecule has 26 heavy (non-hydrogen) atoms. The number of nitrogens with zero attached hydrogens (tertiary/aromatic N) is 5. The molecule has 1 N–H and O–H groups in total. The summed E-state index contributed by atoms with van der Waals surface area (Å²) < 4.78 is 0. The van der Waals surface area contributed by atoms with E-state index in [1.807, 2.05) is 13.8 Å². The molecule has 1 aliphatic rings. The van der Waals surface area contributed by atoms with Crippen molar-refractivity contribution >= 4 is 29.2 Å². The number of carbonyl (C=O) groups is 2. The zero-order valence-electron chi connectivity index (χ0n) is 14.9. The van der Waals surface area contributed by atoms with Gasteiger partial charge in [-0.05, 0) is 13.0 Å². The smallest absolute Gasteiger partial charge is 0.328 e. The van der Waals surface area contributed by atoms with Crippen molar-refractivity contribution in [2.45, 2.75) is 32.7 Å². The second-order valence-corrected chi connectivity index (χ2v) is 7.50. The van der Waals surface area contributed by atoms with Crippen molar-refractivity contribution in [3.8, 4) is 0 Å². The van der Waals surface area contributed by atoms with Crippen LogP contribution in [0.15, 0.2) is 18.5 Å². The lowest BCUT2D eigenvalue weighted by Crippen LogP contribution is -2.58. The first-order chi connectivity index (χ1) is 12.4. The maximum absolute atomic E-state index is 13.0. The van der Waals surface area contributed by atoms with Gasteiger partial charge in [-0.1, -0.05) is 13.8 Å². The molecule has 0 unspecified atom stereocenters. The average molecular weight is 375 g/mol. The summed E-state index contributed by atoms with van der Waals surface area (Å²) in [5.41, 5.74) is 0.654. The number of aliphatic carboxylic acids is 1. The quantitative estimate of drug-likeness (QED) is 0.869. The summed E-state index contributed by atoms with van der Waals surface area (Å²) in [6.45, 7) is 6.76. The molecule has 1 amide bonds. The zero-order valence-corrected chi connectivity index (χ0v) is 15.7. The Labute approximate surface area is 155 Å². The van der Waals surface area contributed by atoms with Crippen LogP contribution in [0.4, 0.5) is 5.95 Å². The van der Waals surface area contributed by atoms with Gasteiger partial charge in [0.25, 0.3) is 5.91 Å². The van der Waals surface area contributed by atoms with Gasteiger partial charge >= 0.3 is 5.97 Å². The summed E-state index contributed by atoms with van der Waals surface area (Å²) in [4.78, 5) is 41.3. The van der Waals surface area contributed by atoms with E-state index in [0.29, 0.717) is 29.6 Å². The number of carboxylic acids is 1. The van der Waals surface area contributed by atoms with Gasteiger partial charge in [-0.15, -0.1) is 11.3 Å². The summed E-state index contributed by atoms with van der Waals surface area (Å²) in [6, 6.07) is 0.751. The Bertz CT molecular complexity index is 808. The highest BCUT2D eigenvalue weighted by Gasteiger charge is 2.37. The third-order valence-electron chi connectivity index (χ3n) is 4.26. The standard InChI is InChI=1S/C17H21N5O3S/c1-10(2)14-20-11(3)13(26-14)15(23)22-8-7-21(9-12(22)16(24)25)17-18-5-4-6-19-17/h4-6,10,12H,7-9H2,1-3H3,(H,24,25)/t12-/m0/s1. The number of carboxylic acid groups (broad SMARTS) is 1. The van der Waals surface area contributed by atoms with E-state index in [0.717, 1.165) is 5.01 Å². The monoisotopic (exact) mass is 375 g/mol. The Morgan fingerprint density at radius 3 is 2.54 bits per heavy atom. The molecule has 9 heteroatoms. The van der Waals surface area contributed by atoms with Crippen LogP contribution in [-0.4, -0.2) is 62.5 Å². The maximum Gasteiger partial charge on any atom is 0.328 e. The Balaban J connectivity index is 1.83. The molecule has 0 bridgehead atoms. The lowest BCUT2D eigenvalue weighted by atomic mass is 10.1.